The predicted octanol–water partition coefficient (Wildman–Crippen LogP) is 2.47. The topological polar surface area (TPSA) is 93.1 Å². The molecule has 136 valence electrons. The van der Waals surface area contributed by atoms with Crippen LogP contribution in [-0.4, -0.2) is 30.7 Å². The smallest absolute Gasteiger partial charge is 0.240 e. The van der Waals surface area contributed by atoms with Gasteiger partial charge in [0.15, 0.2) is 0 Å². The van der Waals surface area contributed by atoms with E-state index in [1.165, 1.54) is 19.1 Å². The number of hydrogen-bond acceptors (Lipinski definition) is 5. The summed E-state index contributed by atoms with van der Waals surface area (Å²) in [5, 5.41) is 8.79. The molecule has 2 aromatic heterocycles. The molecule has 2 N–H and O–H groups in total. The number of nitrogens with one attached hydrogen (secondary N) is 2. The molecule has 1 amide bonds. The molecule has 9 heteroatoms. The van der Waals surface area contributed by atoms with Crippen molar-refractivity contribution in [1.29, 1.82) is 0 Å². The molecular formula is C17H18N4O3S2. The largest absolute Gasteiger partial charge is 0.326 e. The van der Waals surface area contributed by atoms with E-state index in [1.54, 1.807) is 46.6 Å². The second-order valence-electron chi connectivity index (χ2n) is 5.57. The summed E-state index contributed by atoms with van der Waals surface area (Å²) in [5.74, 6) is -0.211. The van der Waals surface area contributed by atoms with E-state index in [0.29, 0.717) is 5.69 Å². The maximum Gasteiger partial charge on any atom is 0.240 e. The summed E-state index contributed by atoms with van der Waals surface area (Å²) in [4.78, 5) is 12.2. The van der Waals surface area contributed by atoms with Gasteiger partial charge >= 0.3 is 0 Å². The summed E-state index contributed by atoms with van der Waals surface area (Å²) in [6.45, 7) is 1.57. The number of nitrogens with zero attached hydrogens (tertiary/aromatic N) is 2. The highest BCUT2D eigenvalue weighted by atomic mass is 32.2. The molecule has 1 unspecified atom stereocenters. The lowest BCUT2D eigenvalue weighted by molar-refractivity contribution is -0.114. The zero-order valence-electron chi connectivity index (χ0n) is 14.0. The van der Waals surface area contributed by atoms with Gasteiger partial charge in [0.05, 0.1) is 10.9 Å². The Hall–Kier alpha value is -2.49. The monoisotopic (exact) mass is 390 g/mol. The molecule has 2 heterocycles. The van der Waals surface area contributed by atoms with Gasteiger partial charge in [-0.15, -0.1) is 11.3 Å². The number of aromatic nitrogens is 2. The van der Waals surface area contributed by atoms with E-state index in [9.17, 15) is 13.2 Å². The van der Waals surface area contributed by atoms with Crippen LogP contribution in [0.15, 0.2) is 65.1 Å². The van der Waals surface area contributed by atoms with Gasteiger partial charge in [0, 0.05) is 36.4 Å². The highest BCUT2D eigenvalue weighted by molar-refractivity contribution is 7.89. The van der Waals surface area contributed by atoms with E-state index < -0.39 is 10.0 Å². The van der Waals surface area contributed by atoms with E-state index in [2.05, 4.69) is 15.1 Å². The van der Waals surface area contributed by atoms with Crippen molar-refractivity contribution in [1.82, 2.24) is 14.5 Å². The fraction of sp³-hybridized carbons (Fsp3) is 0.176. The van der Waals surface area contributed by atoms with E-state index in [-0.39, 0.29) is 23.4 Å². The van der Waals surface area contributed by atoms with Gasteiger partial charge in [-0.2, -0.15) is 5.10 Å². The molecule has 0 aliphatic carbocycles. The number of amides is 1. The average Bonchev–Trinajstić information content (AvgIpc) is 3.29. The van der Waals surface area contributed by atoms with Crippen LogP contribution in [0.4, 0.5) is 5.69 Å². The SMILES string of the molecule is CC(=O)Nc1ccc(S(=O)(=O)NCC(c2cccs2)n2cccn2)cc1. The maximum atomic E-state index is 12.6. The van der Waals surface area contributed by atoms with Crippen LogP contribution in [0.3, 0.4) is 0 Å². The van der Waals surface area contributed by atoms with Crippen LogP contribution >= 0.6 is 11.3 Å². The maximum absolute atomic E-state index is 12.6. The van der Waals surface area contributed by atoms with E-state index in [1.807, 2.05) is 17.5 Å². The Balaban J connectivity index is 1.75. The molecule has 0 bridgehead atoms. The predicted molar refractivity (Wildman–Crippen MR) is 101 cm³/mol. The molecular weight excluding hydrogens is 372 g/mol. The number of carbonyl (C=O) groups excluding carboxylic acids is 1. The molecule has 0 aliphatic rings. The molecule has 1 atom stereocenters. The van der Waals surface area contributed by atoms with Gasteiger partial charge in [0.25, 0.3) is 0 Å². The van der Waals surface area contributed by atoms with Crippen molar-refractivity contribution in [3.8, 4) is 0 Å². The number of thiophene rings is 1. The second-order valence-corrected chi connectivity index (χ2v) is 8.32. The van der Waals surface area contributed by atoms with Gasteiger partial charge < -0.3 is 5.32 Å². The third-order valence-corrected chi connectivity index (χ3v) is 6.08. The molecule has 0 saturated heterocycles. The Labute approximate surface area is 155 Å². The van der Waals surface area contributed by atoms with Crippen LogP contribution < -0.4 is 10.0 Å². The first kappa shape index (κ1) is 18.3. The van der Waals surface area contributed by atoms with Crippen LogP contribution in [0.1, 0.15) is 17.8 Å². The summed E-state index contributed by atoms with van der Waals surface area (Å²) >= 11 is 1.55. The van der Waals surface area contributed by atoms with Crippen molar-refractivity contribution in [2.45, 2.75) is 17.9 Å². The molecule has 0 spiro atoms. The highest BCUT2D eigenvalue weighted by Gasteiger charge is 2.20. The van der Waals surface area contributed by atoms with Crippen molar-refractivity contribution in [3.63, 3.8) is 0 Å². The zero-order valence-corrected chi connectivity index (χ0v) is 15.6. The van der Waals surface area contributed by atoms with Gasteiger partial charge in [0.1, 0.15) is 0 Å². The Bertz CT molecular complexity index is 916. The highest BCUT2D eigenvalue weighted by Crippen LogP contribution is 2.23. The number of benzene rings is 1. The first-order valence-corrected chi connectivity index (χ1v) is 10.2. The molecule has 0 radical (unpaired) electrons. The quantitative estimate of drug-likeness (QED) is 0.648. The number of anilines is 1. The Morgan fingerprint density at radius 3 is 2.58 bits per heavy atom. The number of rotatable bonds is 7. The molecule has 0 fully saturated rings. The Morgan fingerprint density at radius 1 is 1.23 bits per heavy atom. The summed E-state index contributed by atoms with van der Waals surface area (Å²) in [5.41, 5.74) is 0.546. The minimum atomic E-state index is -3.68. The van der Waals surface area contributed by atoms with Crippen molar-refractivity contribution < 1.29 is 13.2 Å². The summed E-state index contributed by atoms with van der Waals surface area (Å²) < 4.78 is 29.5. The average molecular weight is 390 g/mol. The van der Waals surface area contributed by atoms with Crippen LogP contribution in [0, 0.1) is 0 Å². The van der Waals surface area contributed by atoms with Gasteiger partial charge in [-0.3, -0.25) is 9.48 Å². The van der Waals surface area contributed by atoms with Crippen molar-refractivity contribution >= 4 is 33.0 Å². The molecule has 7 nitrogen and oxygen atoms in total. The fourth-order valence-corrected chi connectivity index (χ4v) is 4.32. The van der Waals surface area contributed by atoms with Crippen LogP contribution in [0.2, 0.25) is 0 Å². The van der Waals surface area contributed by atoms with Crippen molar-refractivity contribution in [2.75, 3.05) is 11.9 Å². The first-order chi connectivity index (χ1) is 12.5. The third-order valence-electron chi connectivity index (χ3n) is 3.67. The molecule has 0 saturated carbocycles. The van der Waals surface area contributed by atoms with Gasteiger partial charge in [0.2, 0.25) is 15.9 Å². The van der Waals surface area contributed by atoms with Crippen molar-refractivity contribution in [2.24, 2.45) is 0 Å². The molecule has 0 aliphatic heterocycles. The number of sulfonamides is 1. The van der Waals surface area contributed by atoms with Gasteiger partial charge in [-0.05, 0) is 41.8 Å². The molecule has 26 heavy (non-hydrogen) atoms. The fourth-order valence-electron chi connectivity index (χ4n) is 2.46. The lowest BCUT2D eigenvalue weighted by Gasteiger charge is -2.17. The van der Waals surface area contributed by atoms with E-state index >= 15 is 0 Å². The summed E-state index contributed by atoms with van der Waals surface area (Å²) in [6.07, 6.45) is 3.47. The van der Waals surface area contributed by atoms with E-state index in [0.717, 1.165) is 4.88 Å². The third kappa shape index (κ3) is 4.37. The summed E-state index contributed by atoms with van der Waals surface area (Å²) in [7, 11) is -3.68. The lowest BCUT2D eigenvalue weighted by atomic mass is 10.2. The minimum absolute atomic E-state index is 0.136. The summed E-state index contributed by atoms with van der Waals surface area (Å²) in [6, 6.07) is 11.5. The minimum Gasteiger partial charge on any atom is -0.326 e. The standard InChI is InChI=1S/C17H18N4O3S2/c1-13(22)20-14-5-7-15(8-6-14)26(23,24)19-12-16(17-4-2-11-25-17)21-10-3-9-18-21/h2-11,16,19H,12H2,1H3,(H,20,22). The lowest BCUT2D eigenvalue weighted by Crippen LogP contribution is -2.31. The zero-order chi connectivity index (χ0) is 18.6. The van der Waals surface area contributed by atoms with E-state index in [4.69, 9.17) is 0 Å². The normalized spacial score (nSPS) is 12.7. The molecule has 3 rings (SSSR count). The van der Waals surface area contributed by atoms with Gasteiger partial charge in [-0.1, -0.05) is 6.07 Å². The van der Waals surface area contributed by atoms with Crippen LogP contribution in [0.25, 0.3) is 0 Å². The Kier molecular flexibility index (Phi) is 5.50. The molecule has 1 aromatic carbocycles. The van der Waals surface area contributed by atoms with Crippen molar-refractivity contribution in [3.05, 3.63) is 65.1 Å². The second kappa shape index (κ2) is 7.81. The van der Waals surface area contributed by atoms with Crippen LogP contribution in [-0.2, 0) is 14.8 Å². The molecule has 3 aromatic rings. The number of carbonyl (C=O) groups is 1. The van der Waals surface area contributed by atoms with Gasteiger partial charge in [-0.25, -0.2) is 13.1 Å². The first-order valence-electron chi connectivity index (χ1n) is 7.85. The Morgan fingerprint density at radius 2 is 2.00 bits per heavy atom. The number of hydrogen-bond donors (Lipinski definition) is 2. The van der Waals surface area contributed by atoms with Crippen LogP contribution in [0.5, 0.6) is 0 Å².